The van der Waals surface area contributed by atoms with Crippen molar-refractivity contribution in [1.82, 2.24) is 9.21 Å². The number of carbonyl (C=O) groups is 1. The normalized spacial score (nSPS) is 21.7. The van der Waals surface area contributed by atoms with Gasteiger partial charge in [-0.25, -0.2) is 12.7 Å². The molecule has 8 heteroatoms. The molecule has 0 bridgehead atoms. The zero-order chi connectivity index (χ0) is 19.1. The highest BCUT2D eigenvalue weighted by Crippen LogP contribution is 2.38. The van der Waals surface area contributed by atoms with Gasteiger partial charge in [0.15, 0.2) is 0 Å². The Kier molecular flexibility index (Phi) is 4.73. The summed E-state index contributed by atoms with van der Waals surface area (Å²) in [6, 6.07) is 10.5. The Morgan fingerprint density at radius 3 is 2.59 bits per heavy atom. The third kappa shape index (κ3) is 3.37. The van der Waals surface area contributed by atoms with Gasteiger partial charge >= 0.3 is 0 Å². The van der Waals surface area contributed by atoms with Crippen molar-refractivity contribution in [2.24, 2.45) is 5.41 Å². The molecule has 1 amide bonds. The van der Waals surface area contributed by atoms with Crippen LogP contribution in [-0.2, 0) is 10.0 Å². The van der Waals surface area contributed by atoms with Crippen LogP contribution in [0, 0.1) is 5.41 Å². The first-order valence-electron chi connectivity index (χ1n) is 8.92. The van der Waals surface area contributed by atoms with Crippen LogP contribution in [0.5, 0.6) is 5.75 Å². The highest BCUT2D eigenvalue weighted by Gasteiger charge is 2.42. The molecule has 1 aromatic carbocycles. The van der Waals surface area contributed by atoms with Gasteiger partial charge in [-0.15, -0.1) is 11.3 Å². The Balaban J connectivity index is 1.55. The number of carbonyl (C=O) groups excluding carboxylic acids is 1. The minimum atomic E-state index is -3.59. The fourth-order valence-electron chi connectivity index (χ4n) is 3.83. The van der Waals surface area contributed by atoms with E-state index in [1.54, 1.807) is 31.3 Å². The Morgan fingerprint density at radius 2 is 1.89 bits per heavy atom. The van der Waals surface area contributed by atoms with Crippen LogP contribution < -0.4 is 4.74 Å². The first-order chi connectivity index (χ1) is 12.9. The zero-order valence-corrected chi connectivity index (χ0v) is 16.8. The molecular weight excluding hydrogens is 384 g/mol. The summed E-state index contributed by atoms with van der Waals surface area (Å²) in [5.74, 6) is 0.457. The molecule has 0 radical (unpaired) electrons. The molecule has 0 N–H and O–H groups in total. The average molecular weight is 407 g/mol. The minimum Gasteiger partial charge on any atom is -0.492 e. The van der Waals surface area contributed by atoms with E-state index in [0.717, 1.165) is 4.88 Å². The van der Waals surface area contributed by atoms with Crippen molar-refractivity contribution in [3.8, 4) is 5.75 Å². The summed E-state index contributed by atoms with van der Waals surface area (Å²) >= 11 is 1.45. The van der Waals surface area contributed by atoms with E-state index in [2.05, 4.69) is 0 Å². The predicted octanol–water partition coefficient (Wildman–Crippen LogP) is 2.68. The largest absolute Gasteiger partial charge is 0.492 e. The molecule has 1 aromatic heterocycles. The van der Waals surface area contributed by atoms with Crippen molar-refractivity contribution in [2.45, 2.75) is 17.7 Å². The highest BCUT2D eigenvalue weighted by molar-refractivity contribution is 7.89. The summed E-state index contributed by atoms with van der Waals surface area (Å²) in [5.41, 5.74) is -0.290. The number of hydrogen-bond donors (Lipinski definition) is 0. The number of nitrogens with zero attached hydrogens (tertiary/aromatic N) is 2. The summed E-state index contributed by atoms with van der Waals surface area (Å²) in [6.07, 6.45) is 1.43. The van der Waals surface area contributed by atoms with Gasteiger partial charge in [0.05, 0.1) is 11.5 Å². The summed E-state index contributed by atoms with van der Waals surface area (Å²) in [5, 5.41) is 1.90. The molecule has 6 nitrogen and oxygen atoms in total. The summed E-state index contributed by atoms with van der Waals surface area (Å²) in [4.78, 5) is 15.4. The van der Waals surface area contributed by atoms with Gasteiger partial charge in [-0.2, -0.15) is 0 Å². The first kappa shape index (κ1) is 18.5. The standard InChI is InChI=1S/C19H22N2O4S2/c1-20-13-19(14-25-15-5-2-3-7-17(15)27(20,23)24)8-10-21(11-9-19)18(22)16-6-4-12-26-16/h2-7,12H,8-11,13-14H2,1H3. The van der Waals surface area contributed by atoms with Gasteiger partial charge in [-0.1, -0.05) is 18.2 Å². The fourth-order valence-corrected chi connectivity index (χ4v) is 5.93. The minimum absolute atomic E-state index is 0.0536. The van der Waals surface area contributed by atoms with Crippen molar-refractivity contribution in [1.29, 1.82) is 0 Å². The molecule has 1 spiro atoms. The zero-order valence-electron chi connectivity index (χ0n) is 15.1. The van der Waals surface area contributed by atoms with E-state index < -0.39 is 10.0 Å². The van der Waals surface area contributed by atoms with Gasteiger partial charge in [0.1, 0.15) is 10.6 Å². The highest BCUT2D eigenvalue weighted by atomic mass is 32.2. The smallest absolute Gasteiger partial charge is 0.263 e. The fraction of sp³-hybridized carbons (Fsp3) is 0.421. The molecule has 2 aliphatic heterocycles. The lowest BCUT2D eigenvalue weighted by Gasteiger charge is -2.44. The number of likely N-dealkylation sites (tertiary alicyclic amines) is 1. The van der Waals surface area contributed by atoms with E-state index in [-0.39, 0.29) is 16.2 Å². The molecule has 3 heterocycles. The summed E-state index contributed by atoms with van der Waals surface area (Å²) < 4.78 is 33.2. The molecule has 27 heavy (non-hydrogen) atoms. The van der Waals surface area contributed by atoms with E-state index in [1.807, 2.05) is 22.4 Å². The summed E-state index contributed by atoms with van der Waals surface area (Å²) in [6.45, 7) is 2.06. The molecular formula is C19H22N2O4S2. The lowest BCUT2D eigenvalue weighted by molar-refractivity contribution is 0.0327. The number of ether oxygens (including phenoxy) is 1. The maximum absolute atomic E-state index is 12.9. The van der Waals surface area contributed by atoms with Gasteiger partial charge in [-0.05, 0) is 36.4 Å². The van der Waals surface area contributed by atoms with Crippen LogP contribution in [0.1, 0.15) is 22.5 Å². The molecule has 0 saturated carbocycles. The molecule has 0 unspecified atom stereocenters. The molecule has 1 fully saturated rings. The number of hydrogen-bond acceptors (Lipinski definition) is 5. The van der Waals surface area contributed by atoms with Gasteiger partial charge in [-0.3, -0.25) is 4.79 Å². The van der Waals surface area contributed by atoms with Crippen LogP contribution in [0.25, 0.3) is 0 Å². The average Bonchev–Trinajstić information content (AvgIpc) is 3.21. The maximum atomic E-state index is 12.9. The van der Waals surface area contributed by atoms with E-state index in [0.29, 0.717) is 44.8 Å². The van der Waals surface area contributed by atoms with Crippen LogP contribution in [0.2, 0.25) is 0 Å². The SMILES string of the molecule is CN1CC2(CCN(C(=O)c3cccs3)CC2)COc2ccccc2S1(=O)=O. The first-order valence-corrected chi connectivity index (χ1v) is 11.2. The lowest BCUT2D eigenvalue weighted by Crippen LogP contribution is -2.51. The Morgan fingerprint density at radius 1 is 1.15 bits per heavy atom. The molecule has 0 aliphatic carbocycles. The molecule has 0 atom stereocenters. The number of thiophene rings is 1. The van der Waals surface area contributed by atoms with E-state index in [4.69, 9.17) is 4.74 Å². The topological polar surface area (TPSA) is 66.9 Å². The Bertz CT molecular complexity index is 932. The van der Waals surface area contributed by atoms with Gasteiger partial charge < -0.3 is 9.64 Å². The maximum Gasteiger partial charge on any atom is 0.263 e. The monoisotopic (exact) mass is 406 g/mol. The van der Waals surface area contributed by atoms with Crippen molar-refractivity contribution < 1.29 is 17.9 Å². The predicted molar refractivity (Wildman–Crippen MR) is 104 cm³/mol. The third-order valence-corrected chi connectivity index (χ3v) is 8.17. The number of para-hydroxylation sites is 1. The van der Waals surface area contributed by atoms with Crippen LogP contribution in [0.3, 0.4) is 0 Å². The number of benzene rings is 1. The number of amides is 1. The molecule has 2 aromatic rings. The van der Waals surface area contributed by atoms with Crippen LogP contribution >= 0.6 is 11.3 Å². The second-order valence-corrected chi connectivity index (χ2v) is 10.2. The molecule has 144 valence electrons. The van der Waals surface area contributed by atoms with Crippen molar-refractivity contribution in [3.05, 3.63) is 46.7 Å². The number of sulfonamides is 1. The lowest BCUT2D eigenvalue weighted by atomic mass is 9.79. The summed E-state index contributed by atoms with van der Waals surface area (Å²) in [7, 11) is -1.96. The third-order valence-electron chi connectivity index (χ3n) is 5.47. The van der Waals surface area contributed by atoms with E-state index in [1.165, 1.54) is 15.6 Å². The quantitative estimate of drug-likeness (QED) is 0.730. The number of rotatable bonds is 1. The molecule has 2 aliphatic rings. The van der Waals surface area contributed by atoms with Gasteiger partial charge in [0.2, 0.25) is 10.0 Å². The Hall–Kier alpha value is -1.90. The van der Waals surface area contributed by atoms with Crippen molar-refractivity contribution >= 4 is 27.3 Å². The van der Waals surface area contributed by atoms with Crippen LogP contribution in [0.15, 0.2) is 46.7 Å². The number of fused-ring (bicyclic) bond motifs is 1. The number of piperidine rings is 1. The van der Waals surface area contributed by atoms with E-state index in [9.17, 15) is 13.2 Å². The Labute approximate surface area is 163 Å². The van der Waals surface area contributed by atoms with E-state index >= 15 is 0 Å². The second kappa shape index (κ2) is 6.92. The molecule has 1 saturated heterocycles. The van der Waals surface area contributed by atoms with Gasteiger partial charge in [0.25, 0.3) is 5.91 Å². The van der Waals surface area contributed by atoms with Crippen molar-refractivity contribution in [3.63, 3.8) is 0 Å². The van der Waals surface area contributed by atoms with Crippen LogP contribution in [0.4, 0.5) is 0 Å². The van der Waals surface area contributed by atoms with Crippen molar-refractivity contribution in [2.75, 3.05) is 33.3 Å². The second-order valence-electron chi connectivity index (χ2n) is 7.27. The van der Waals surface area contributed by atoms with Gasteiger partial charge in [0, 0.05) is 32.1 Å². The van der Waals surface area contributed by atoms with Crippen LogP contribution in [-0.4, -0.2) is 56.8 Å². The molecule has 4 rings (SSSR count).